The van der Waals surface area contributed by atoms with Gasteiger partial charge in [-0.25, -0.2) is 9.97 Å². The number of anilines is 2. The highest BCUT2D eigenvalue weighted by Crippen LogP contribution is 2.36. The molecule has 1 aliphatic carbocycles. The van der Waals surface area contributed by atoms with Crippen molar-refractivity contribution in [1.82, 2.24) is 14.5 Å². The molecule has 2 heterocycles. The maximum Gasteiger partial charge on any atom is 0.231 e. The van der Waals surface area contributed by atoms with Gasteiger partial charge in [0.15, 0.2) is 5.82 Å². The monoisotopic (exact) mass is 397 g/mol. The number of carbonyl (C=O) groups is 1. The molecule has 0 saturated heterocycles. The molecule has 150 valence electrons. The van der Waals surface area contributed by atoms with Crippen molar-refractivity contribution in [3.63, 3.8) is 0 Å². The number of nitrogens with zero attached hydrogens (tertiary/aromatic N) is 3. The summed E-state index contributed by atoms with van der Waals surface area (Å²) in [6.07, 6.45) is 4.67. The van der Waals surface area contributed by atoms with E-state index in [1.165, 1.54) is 17.6 Å². The Morgan fingerprint density at radius 3 is 2.60 bits per heavy atom. The molecule has 1 amide bonds. The molecule has 0 fully saturated rings. The molecule has 30 heavy (non-hydrogen) atoms. The predicted molar refractivity (Wildman–Crippen MR) is 119 cm³/mol. The van der Waals surface area contributed by atoms with Crippen molar-refractivity contribution >= 4 is 28.4 Å². The van der Waals surface area contributed by atoms with Gasteiger partial charge in [-0.1, -0.05) is 30.3 Å². The third kappa shape index (κ3) is 3.01. The highest BCUT2D eigenvalue weighted by molar-refractivity contribution is 5.96. The molecule has 1 unspecified atom stereocenters. The summed E-state index contributed by atoms with van der Waals surface area (Å²) >= 11 is 0. The van der Waals surface area contributed by atoms with Crippen molar-refractivity contribution in [2.45, 2.75) is 32.1 Å². The van der Waals surface area contributed by atoms with Gasteiger partial charge in [-0.15, -0.1) is 0 Å². The Labute approximate surface area is 174 Å². The van der Waals surface area contributed by atoms with Gasteiger partial charge in [-0.05, 0) is 61.6 Å². The highest BCUT2D eigenvalue weighted by atomic mass is 16.1. The molecule has 1 aliphatic rings. The lowest BCUT2D eigenvalue weighted by Crippen LogP contribution is -2.18. The largest absolute Gasteiger partial charge is 0.382 e. The molecule has 0 spiro atoms. The Hall–Kier alpha value is -3.67. The highest BCUT2D eigenvalue weighted by Gasteiger charge is 2.25. The Kier molecular flexibility index (Phi) is 4.47. The first-order valence-electron chi connectivity index (χ1n) is 10.2. The predicted octanol–water partition coefficient (Wildman–Crippen LogP) is 4.23. The first-order valence-corrected chi connectivity index (χ1v) is 10.2. The van der Waals surface area contributed by atoms with E-state index in [4.69, 9.17) is 5.73 Å². The van der Waals surface area contributed by atoms with Crippen LogP contribution >= 0.6 is 0 Å². The molecule has 5 rings (SSSR count). The molecular weight excluding hydrogens is 374 g/mol. The third-order valence-electron chi connectivity index (χ3n) is 5.90. The summed E-state index contributed by atoms with van der Waals surface area (Å²) in [5.41, 5.74) is 13.3. The van der Waals surface area contributed by atoms with Crippen LogP contribution in [0.15, 0.2) is 60.9 Å². The molecule has 2 aromatic carbocycles. The Balaban J connectivity index is 1.45. The molecule has 0 aliphatic heterocycles. The second-order valence-corrected chi connectivity index (χ2v) is 7.74. The minimum Gasteiger partial charge on any atom is -0.382 e. The smallest absolute Gasteiger partial charge is 0.231 e. The maximum atomic E-state index is 12.6. The quantitative estimate of drug-likeness (QED) is 0.539. The zero-order valence-electron chi connectivity index (χ0n) is 16.8. The van der Waals surface area contributed by atoms with E-state index in [1.807, 2.05) is 61.5 Å². The number of carbonyl (C=O) groups excluding carboxylic acids is 1. The van der Waals surface area contributed by atoms with Crippen LogP contribution in [0.25, 0.3) is 16.7 Å². The number of rotatable bonds is 4. The minimum atomic E-state index is -0.223. The van der Waals surface area contributed by atoms with Gasteiger partial charge in [-0.3, -0.25) is 4.79 Å². The number of hydrogen-bond acceptors (Lipinski definition) is 4. The van der Waals surface area contributed by atoms with Crippen LogP contribution in [0.2, 0.25) is 0 Å². The van der Waals surface area contributed by atoms with Crippen molar-refractivity contribution in [3.8, 4) is 5.69 Å². The van der Waals surface area contributed by atoms with Crippen molar-refractivity contribution in [2.24, 2.45) is 0 Å². The number of fused-ring (bicyclic) bond motifs is 3. The fraction of sp³-hybridized carbons (Fsp3) is 0.208. The number of hydrogen-bond donors (Lipinski definition) is 2. The van der Waals surface area contributed by atoms with Gasteiger partial charge in [0.1, 0.15) is 11.8 Å². The number of nitrogens with one attached hydrogen (secondary N) is 1. The zero-order chi connectivity index (χ0) is 20.7. The number of benzene rings is 2. The lowest BCUT2D eigenvalue weighted by atomic mass is 10.0. The summed E-state index contributed by atoms with van der Waals surface area (Å²) < 4.78 is 2.17. The summed E-state index contributed by atoms with van der Waals surface area (Å²) in [5.74, 6) is 0.238. The van der Waals surface area contributed by atoms with E-state index < -0.39 is 0 Å². The Morgan fingerprint density at radius 2 is 1.83 bits per heavy atom. The minimum absolute atomic E-state index is 0.0288. The molecule has 6 nitrogen and oxygen atoms in total. The van der Waals surface area contributed by atoms with E-state index in [1.54, 1.807) is 0 Å². The number of aryl methyl sites for hydroxylation is 1. The van der Waals surface area contributed by atoms with E-state index in [0.29, 0.717) is 5.82 Å². The van der Waals surface area contributed by atoms with Gasteiger partial charge >= 0.3 is 0 Å². The maximum absolute atomic E-state index is 12.6. The lowest BCUT2D eigenvalue weighted by Gasteiger charge is -2.14. The van der Waals surface area contributed by atoms with Crippen molar-refractivity contribution in [3.05, 3.63) is 77.7 Å². The van der Waals surface area contributed by atoms with E-state index >= 15 is 0 Å². The first kappa shape index (κ1) is 18.4. The fourth-order valence-electron chi connectivity index (χ4n) is 4.32. The van der Waals surface area contributed by atoms with Gasteiger partial charge in [0, 0.05) is 17.1 Å². The molecule has 0 bridgehead atoms. The van der Waals surface area contributed by atoms with Crippen LogP contribution in [0.3, 0.4) is 0 Å². The summed E-state index contributed by atoms with van der Waals surface area (Å²) in [7, 11) is 0. The van der Waals surface area contributed by atoms with Crippen LogP contribution in [0, 0.1) is 0 Å². The third-order valence-corrected chi connectivity index (χ3v) is 5.90. The second kappa shape index (κ2) is 7.30. The van der Waals surface area contributed by atoms with Gasteiger partial charge in [0.2, 0.25) is 5.91 Å². The number of amides is 1. The number of nitrogen functional groups attached to an aromatic ring is 1. The van der Waals surface area contributed by atoms with Crippen molar-refractivity contribution in [2.75, 3.05) is 11.1 Å². The van der Waals surface area contributed by atoms with E-state index in [0.717, 1.165) is 47.2 Å². The molecule has 0 saturated carbocycles. The van der Waals surface area contributed by atoms with E-state index in [9.17, 15) is 4.79 Å². The lowest BCUT2D eigenvalue weighted by molar-refractivity contribution is -0.117. The Morgan fingerprint density at radius 1 is 1.07 bits per heavy atom. The molecular formula is C24H23N5O. The van der Waals surface area contributed by atoms with Crippen LogP contribution in [-0.2, 0) is 17.6 Å². The average molecular weight is 397 g/mol. The summed E-state index contributed by atoms with van der Waals surface area (Å²) in [6.45, 7) is 1.91. The molecule has 3 N–H and O–H groups in total. The van der Waals surface area contributed by atoms with Crippen LogP contribution < -0.4 is 11.1 Å². The molecule has 6 heteroatoms. The van der Waals surface area contributed by atoms with Crippen molar-refractivity contribution in [1.29, 1.82) is 0 Å². The topological polar surface area (TPSA) is 85.8 Å². The second-order valence-electron chi connectivity index (χ2n) is 7.74. The van der Waals surface area contributed by atoms with Crippen molar-refractivity contribution < 1.29 is 4.79 Å². The number of nitrogens with two attached hydrogens (primary N) is 1. The van der Waals surface area contributed by atoms with Gasteiger partial charge < -0.3 is 15.6 Å². The average Bonchev–Trinajstić information content (AvgIpc) is 3.36. The standard InChI is InChI=1S/C24H23N5O/c1-15(16-6-3-2-4-7-16)24(30)28-17-10-12-18(13-11-17)29-20-9-5-8-19(20)21-22(29)23(25)27-14-26-21/h2-4,6-7,10-15H,5,8-9H2,1H3,(H,28,30)(H2,25,26,27). The van der Waals surface area contributed by atoms with Crippen LogP contribution in [0.5, 0.6) is 0 Å². The molecule has 4 aromatic rings. The zero-order valence-corrected chi connectivity index (χ0v) is 16.8. The van der Waals surface area contributed by atoms with E-state index in [-0.39, 0.29) is 11.8 Å². The molecule has 0 radical (unpaired) electrons. The molecule has 1 atom stereocenters. The molecule has 2 aromatic heterocycles. The van der Waals surface area contributed by atoms with Crippen LogP contribution in [0.4, 0.5) is 11.5 Å². The van der Waals surface area contributed by atoms with Gasteiger partial charge in [-0.2, -0.15) is 0 Å². The van der Waals surface area contributed by atoms with Crippen LogP contribution in [0.1, 0.15) is 36.1 Å². The first-order chi connectivity index (χ1) is 14.6. The Bertz CT molecular complexity index is 1230. The summed E-state index contributed by atoms with van der Waals surface area (Å²) in [6, 6.07) is 17.7. The number of aromatic nitrogens is 3. The normalized spacial score (nSPS) is 13.9. The van der Waals surface area contributed by atoms with Gasteiger partial charge in [0.05, 0.1) is 11.4 Å². The van der Waals surface area contributed by atoms with E-state index in [2.05, 4.69) is 19.9 Å². The SMILES string of the molecule is CC(C(=O)Nc1ccc(-n2c3c(c4ncnc(N)c42)CCC3)cc1)c1ccccc1. The van der Waals surface area contributed by atoms with Gasteiger partial charge in [0.25, 0.3) is 0 Å². The summed E-state index contributed by atoms with van der Waals surface area (Å²) in [4.78, 5) is 21.3. The summed E-state index contributed by atoms with van der Waals surface area (Å²) in [5, 5.41) is 3.02. The fourth-order valence-corrected chi connectivity index (χ4v) is 4.32. The van der Waals surface area contributed by atoms with Crippen LogP contribution in [-0.4, -0.2) is 20.4 Å².